The van der Waals surface area contributed by atoms with Crippen LogP contribution in [0.2, 0.25) is 0 Å². The fourth-order valence-electron chi connectivity index (χ4n) is 2.29. The Bertz CT molecular complexity index is 493. The summed E-state index contributed by atoms with van der Waals surface area (Å²) in [5, 5.41) is 2.76. The van der Waals surface area contributed by atoms with Gasteiger partial charge in [0.1, 0.15) is 5.82 Å². The average molecular weight is 290 g/mol. The third-order valence-electron chi connectivity index (χ3n) is 3.55. The van der Waals surface area contributed by atoms with E-state index in [1.807, 2.05) is 23.9 Å². The van der Waals surface area contributed by atoms with Gasteiger partial charge in [-0.05, 0) is 25.0 Å². The molecule has 1 aliphatic rings. The van der Waals surface area contributed by atoms with E-state index >= 15 is 0 Å². The largest absolute Gasteiger partial charge is 0.363 e. The van der Waals surface area contributed by atoms with Crippen molar-refractivity contribution in [3.8, 4) is 0 Å². The topological polar surface area (TPSA) is 65.5 Å². The van der Waals surface area contributed by atoms with Crippen molar-refractivity contribution in [3.63, 3.8) is 0 Å². The molecule has 6 nitrogen and oxygen atoms in total. The van der Waals surface area contributed by atoms with Gasteiger partial charge in [0.25, 0.3) is 5.91 Å². The van der Waals surface area contributed by atoms with E-state index in [0.717, 1.165) is 31.7 Å². The van der Waals surface area contributed by atoms with E-state index < -0.39 is 0 Å². The minimum Gasteiger partial charge on any atom is -0.363 e. The number of anilines is 1. The lowest BCUT2D eigenvalue weighted by molar-refractivity contribution is -0.129. The first-order valence-electron chi connectivity index (χ1n) is 7.27. The molecule has 1 aromatic heterocycles. The highest BCUT2D eigenvalue weighted by molar-refractivity contribution is 5.94. The second kappa shape index (κ2) is 7.06. The molecular formula is C15H22N4O2. The van der Waals surface area contributed by atoms with Crippen molar-refractivity contribution < 1.29 is 9.59 Å². The Hall–Kier alpha value is -2.11. The second-order valence-corrected chi connectivity index (χ2v) is 5.39. The van der Waals surface area contributed by atoms with Crippen LogP contribution in [0.1, 0.15) is 29.6 Å². The van der Waals surface area contributed by atoms with Gasteiger partial charge in [-0.1, -0.05) is 0 Å². The number of carbonyl (C=O) groups excluding carboxylic acids is 2. The standard InChI is InChI=1S/C15H22N4O2/c1-18(2)13-6-5-12(11-17-13)15(21)16-8-7-14(20)19-9-3-4-10-19/h5-6,11H,3-4,7-10H2,1-2H3,(H,16,21). The number of amides is 2. The first kappa shape index (κ1) is 15.3. The number of nitrogens with zero attached hydrogens (tertiary/aromatic N) is 3. The molecule has 2 amide bonds. The zero-order valence-electron chi connectivity index (χ0n) is 12.6. The molecule has 1 aromatic rings. The molecule has 2 heterocycles. The molecule has 6 heteroatoms. The van der Waals surface area contributed by atoms with Crippen LogP contribution in [0.4, 0.5) is 5.82 Å². The molecule has 114 valence electrons. The molecule has 2 rings (SSSR count). The summed E-state index contributed by atoms with van der Waals surface area (Å²) < 4.78 is 0. The Balaban J connectivity index is 1.77. The van der Waals surface area contributed by atoms with Crippen molar-refractivity contribution in [2.24, 2.45) is 0 Å². The van der Waals surface area contributed by atoms with Crippen LogP contribution < -0.4 is 10.2 Å². The molecule has 0 aliphatic carbocycles. The van der Waals surface area contributed by atoms with E-state index in [1.165, 1.54) is 0 Å². The second-order valence-electron chi connectivity index (χ2n) is 5.39. The summed E-state index contributed by atoms with van der Waals surface area (Å²) in [6, 6.07) is 3.53. The molecule has 0 unspecified atom stereocenters. The van der Waals surface area contributed by atoms with E-state index in [9.17, 15) is 9.59 Å². The fraction of sp³-hybridized carbons (Fsp3) is 0.533. The molecule has 0 saturated carbocycles. The molecule has 1 fully saturated rings. The Morgan fingerprint density at radius 2 is 2.00 bits per heavy atom. The summed E-state index contributed by atoms with van der Waals surface area (Å²) in [6.07, 6.45) is 4.08. The van der Waals surface area contributed by atoms with Gasteiger partial charge in [-0.2, -0.15) is 0 Å². The van der Waals surface area contributed by atoms with Gasteiger partial charge in [0.05, 0.1) is 5.56 Å². The van der Waals surface area contributed by atoms with Gasteiger partial charge in [-0.25, -0.2) is 4.98 Å². The number of carbonyl (C=O) groups is 2. The van der Waals surface area contributed by atoms with Crippen molar-refractivity contribution in [2.75, 3.05) is 38.6 Å². The Kier molecular flexibility index (Phi) is 5.14. The average Bonchev–Trinajstić information content (AvgIpc) is 3.01. The first-order valence-corrected chi connectivity index (χ1v) is 7.27. The van der Waals surface area contributed by atoms with E-state index in [4.69, 9.17) is 0 Å². The molecule has 0 bridgehead atoms. The van der Waals surface area contributed by atoms with Crippen LogP contribution in [0.15, 0.2) is 18.3 Å². The zero-order valence-corrected chi connectivity index (χ0v) is 12.6. The van der Waals surface area contributed by atoms with Gasteiger partial charge >= 0.3 is 0 Å². The number of hydrogen-bond acceptors (Lipinski definition) is 4. The maximum Gasteiger partial charge on any atom is 0.252 e. The van der Waals surface area contributed by atoms with Crippen molar-refractivity contribution in [2.45, 2.75) is 19.3 Å². The number of pyridine rings is 1. The molecule has 0 aromatic carbocycles. The van der Waals surface area contributed by atoms with Crippen LogP contribution in [-0.2, 0) is 4.79 Å². The summed E-state index contributed by atoms with van der Waals surface area (Å²) in [6.45, 7) is 2.06. The molecule has 0 atom stereocenters. The summed E-state index contributed by atoms with van der Waals surface area (Å²) in [4.78, 5) is 31.7. The number of hydrogen-bond donors (Lipinski definition) is 1. The Labute approximate surface area is 125 Å². The van der Waals surface area contributed by atoms with Crippen LogP contribution in [-0.4, -0.2) is 55.4 Å². The zero-order chi connectivity index (χ0) is 15.2. The van der Waals surface area contributed by atoms with Crippen molar-refractivity contribution in [1.29, 1.82) is 0 Å². The van der Waals surface area contributed by atoms with E-state index in [0.29, 0.717) is 18.5 Å². The van der Waals surface area contributed by atoms with Gasteiger partial charge in [0, 0.05) is 46.3 Å². The monoisotopic (exact) mass is 290 g/mol. The molecule has 1 saturated heterocycles. The first-order chi connectivity index (χ1) is 10.1. The van der Waals surface area contributed by atoms with E-state index in [1.54, 1.807) is 18.3 Å². The van der Waals surface area contributed by atoms with Crippen LogP contribution in [0.5, 0.6) is 0 Å². The van der Waals surface area contributed by atoms with Crippen molar-refractivity contribution in [3.05, 3.63) is 23.9 Å². The van der Waals surface area contributed by atoms with E-state index in [2.05, 4.69) is 10.3 Å². The molecule has 0 radical (unpaired) electrons. The van der Waals surface area contributed by atoms with Gasteiger partial charge in [0.15, 0.2) is 0 Å². The lowest BCUT2D eigenvalue weighted by atomic mass is 10.2. The van der Waals surface area contributed by atoms with Gasteiger partial charge in [0.2, 0.25) is 5.91 Å². The Morgan fingerprint density at radius 3 is 2.57 bits per heavy atom. The molecule has 1 aliphatic heterocycles. The summed E-state index contributed by atoms with van der Waals surface area (Å²) >= 11 is 0. The van der Waals surface area contributed by atoms with Crippen LogP contribution >= 0.6 is 0 Å². The third kappa shape index (κ3) is 4.18. The number of rotatable bonds is 5. The maximum absolute atomic E-state index is 11.9. The predicted octanol–water partition coefficient (Wildman–Crippen LogP) is 0.890. The minimum absolute atomic E-state index is 0.119. The molecule has 0 spiro atoms. The van der Waals surface area contributed by atoms with Crippen LogP contribution in [0.25, 0.3) is 0 Å². The van der Waals surface area contributed by atoms with Gasteiger partial charge < -0.3 is 15.1 Å². The number of aromatic nitrogens is 1. The van der Waals surface area contributed by atoms with E-state index in [-0.39, 0.29) is 11.8 Å². The summed E-state index contributed by atoms with van der Waals surface area (Å²) in [5.74, 6) is 0.728. The Morgan fingerprint density at radius 1 is 1.29 bits per heavy atom. The normalized spacial score (nSPS) is 14.1. The smallest absolute Gasteiger partial charge is 0.252 e. The van der Waals surface area contributed by atoms with Gasteiger partial charge in [-0.3, -0.25) is 9.59 Å². The van der Waals surface area contributed by atoms with Crippen LogP contribution in [0.3, 0.4) is 0 Å². The lowest BCUT2D eigenvalue weighted by Gasteiger charge is -2.15. The SMILES string of the molecule is CN(C)c1ccc(C(=O)NCCC(=O)N2CCCC2)cn1. The van der Waals surface area contributed by atoms with Gasteiger partial charge in [-0.15, -0.1) is 0 Å². The molecular weight excluding hydrogens is 268 g/mol. The highest BCUT2D eigenvalue weighted by Crippen LogP contribution is 2.09. The van der Waals surface area contributed by atoms with Crippen LogP contribution in [0, 0.1) is 0 Å². The fourth-order valence-corrected chi connectivity index (χ4v) is 2.29. The molecule has 21 heavy (non-hydrogen) atoms. The third-order valence-corrected chi connectivity index (χ3v) is 3.55. The minimum atomic E-state index is -0.193. The predicted molar refractivity (Wildman–Crippen MR) is 81.3 cm³/mol. The number of likely N-dealkylation sites (tertiary alicyclic amines) is 1. The van der Waals surface area contributed by atoms with Crippen molar-refractivity contribution in [1.82, 2.24) is 15.2 Å². The highest BCUT2D eigenvalue weighted by atomic mass is 16.2. The highest BCUT2D eigenvalue weighted by Gasteiger charge is 2.17. The number of nitrogens with one attached hydrogen (secondary N) is 1. The lowest BCUT2D eigenvalue weighted by Crippen LogP contribution is -2.32. The van der Waals surface area contributed by atoms with Crippen molar-refractivity contribution >= 4 is 17.6 Å². The summed E-state index contributed by atoms with van der Waals surface area (Å²) in [5.41, 5.74) is 0.509. The maximum atomic E-state index is 11.9. The quantitative estimate of drug-likeness (QED) is 0.874. The summed E-state index contributed by atoms with van der Waals surface area (Å²) in [7, 11) is 3.79. The molecule has 1 N–H and O–H groups in total.